The Bertz CT molecular complexity index is 703. The minimum absolute atomic E-state index is 0.0356. The van der Waals surface area contributed by atoms with Crippen LogP contribution in [0.2, 0.25) is 0 Å². The van der Waals surface area contributed by atoms with Crippen LogP contribution >= 0.6 is 0 Å². The molecule has 1 heterocycles. The molecule has 2 atom stereocenters. The molecule has 0 radical (unpaired) electrons. The lowest BCUT2D eigenvalue weighted by Crippen LogP contribution is -2.44. The summed E-state index contributed by atoms with van der Waals surface area (Å²) in [7, 11) is 0. The Balaban J connectivity index is 1.50. The molecule has 1 aliphatic rings. The van der Waals surface area contributed by atoms with Crippen molar-refractivity contribution in [3.63, 3.8) is 0 Å². The van der Waals surface area contributed by atoms with Gasteiger partial charge in [0.05, 0.1) is 5.92 Å². The number of carbonyl (C=O) groups excluding carboxylic acids is 2. The molecule has 5 nitrogen and oxygen atoms in total. The van der Waals surface area contributed by atoms with Crippen LogP contribution in [-0.4, -0.2) is 29.4 Å². The summed E-state index contributed by atoms with van der Waals surface area (Å²) in [6.45, 7) is 0.615. The number of nitrogens with one attached hydrogen (secondary N) is 2. The van der Waals surface area contributed by atoms with Crippen molar-refractivity contribution in [3.05, 3.63) is 66.0 Å². The van der Waals surface area contributed by atoms with E-state index in [9.17, 15) is 9.59 Å². The lowest BCUT2D eigenvalue weighted by molar-refractivity contribution is -0.125. The monoisotopic (exact) mass is 337 g/mol. The Morgan fingerprint density at radius 1 is 1.04 bits per heavy atom. The van der Waals surface area contributed by atoms with E-state index in [0.717, 1.165) is 25.7 Å². The number of hydrogen-bond donors (Lipinski definition) is 2. The predicted octanol–water partition coefficient (Wildman–Crippen LogP) is 2.34. The van der Waals surface area contributed by atoms with Crippen LogP contribution < -0.4 is 10.6 Å². The third-order valence-corrected chi connectivity index (χ3v) is 4.67. The average molecular weight is 337 g/mol. The molecule has 2 amide bonds. The second-order valence-corrected chi connectivity index (χ2v) is 6.38. The van der Waals surface area contributed by atoms with Crippen LogP contribution in [0.5, 0.6) is 0 Å². The molecule has 3 rings (SSSR count). The molecule has 25 heavy (non-hydrogen) atoms. The molecule has 0 saturated heterocycles. The van der Waals surface area contributed by atoms with Crippen LogP contribution in [-0.2, 0) is 11.2 Å². The first kappa shape index (κ1) is 17.1. The fourth-order valence-electron chi connectivity index (χ4n) is 3.31. The summed E-state index contributed by atoms with van der Waals surface area (Å²) < 4.78 is 0. The van der Waals surface area contributed by atoms with Gasteiger partial charge in [0.2, 0.25) is 5.91 Å². The fraction of sp³-hybridized carbons (Fsp3) is 0.350. The smallest absolute Gasteiger partial charge is 0.251 e. The number of amides is 2. The normalized spacial score (nSPS) is 19.4. The van der Waals surface area contributed by atoms with E-state index in [0.29, 0.717) is 12.1 Å². The predicted molar refractivity (Wildman–Crippen MR) is 96.0 cm³/mol. The van der Waals surface area contributed by atoms with E-state index in [4.69, 9.17) is 0 Å². The summed E-state index contributed by atoms with van der Waals surface area (Å²) in [5, 5.41) is 6.02. The van der Waals surface area contributed by atoms with E-state index in [-0.39, 0.29) is 23.8 Å². The van der Waals surface area contributed by atoms with E-state index in [1.807, 2.05) is 18.2 Å². The van der Waals surface area contributed by atoms with Gasteiger partial charge in [0.15, 0.2) is 0 Å². The molecule has 5 heteroatoms. The number of nitrogens with zero attached hydrogens (tertiary/aromatic N) is 1. The summed E-state index contributed by atoms with van der Waals surface area (Å²) in [4.78, 5) is 28.7. The van der Waals surface area contributed by atoms with E-state index in [2.05, 4.69) is 27.8 Å². The zero-order valence-electron chi connectivity index (χ0n) is 14.2. The lowest BCUT2D eigenvalue weighted by Gasteiger charge is -2.20. The van der Waals surface area contributed by atoms with Gasteiger partial charge in [0, 0.05) is 30.5 Å². The van der Waals surface area contributed by atoms with Gasteiger partial charge in [-0.05, 0) is 37.0 Å². The first-order chi connectivity index (χ1) is 12.2. The van der Waals surface area contributed by atoms with Gasteiger partial charge in [-0.3, -0.25) is 14.6 Å². The van der Waals surface area contributed by atoms with E-state index < -0.39 is 0 Å². The fourth-order valence-corrected chi connectivity index (χ4v) is 3.31. The van der Waals surface area contributed by atoms with Crippen LogP contribution in [0.1, 0.15) is 35.2 Å². The Morgan fingerprint density at radius 2 is 1.80 bits per heavy atom. The molecular weight excluding hydrogens is 314 g/mol. The van der Waals surface area contributed by atoms with E-state index in [1.54, 1.807) is 24.5 Å². The van der Waals surface area contributed by atoms with Gasteiger partial charge < -0.3 is 10.6 Å². The first-order valence-electron chi connectivity index (χ1n) is 8.76. The van der Waals surface area contributed by atoms with Gasteiger partial charge in [-0.15, -0.1) is 0 Å². The first-order valence-corrected chi connectivity index (χ1v) is 8.76. The highest BCUT2D eigenvalue weighted by atomic mass is 16.2. The number of benzene rings is 1. The maximum Gasteiger partial charge on any atom is 0.251 e. The Labute approximate surface area is 147 Å². The second-order valence-electron chi connectivity index (χ2n) is 6.38. The number of carbonyl (C=O) groups is 2. The van der Waals surface area contributed by atoms with Gasteiger partial charge in [-0.2, -0.15) is 0 Å². The van der Waals surface area contributed by atoms with Crippen LogP contribution in [0, 0.1) is 5.92 Å². The third kappa shape index (κ3) is 4.66. The van der Waals surface area contributed by atoms with Crippen LogP contribution in [0.15, 0.2) is 54.9 Å². The summed E-state index contributed by atoms with van der Waals surface area (Å²) in [6, 6.07) is 13.4. The molecule has 0 unspecified atom stereocenters. The highest BCUT2D eigenvalue weighted by molar-refractivity contribution is 5.94. The minimum atomic E-state index is -0.151. The molecule has 1 saturated carbocycles. The molecule has 0 spiro atoms. The topological polar surface area (TPSA) is 71.1 Å². The SMILES string of the molecule is O=C(N[C@@H]1CCC[C@@H]1C(=O)NCCc1ccccc1)c1ccncc1. The molecule has 1 fully saturated rings. The van der Waals surface area contributed by atoms with Crippen molar-refractivity contribution in [1.82, 2.24) is 15.6 Å². The highest BCUT2D eigenvalue weighted by Gasteiger charge is 2.33. The van der Waals surface area contributed by atoms with Gasteiger partial charge >= 0.3 is 0 Å². The summed E-state index contributed by atoms with van der Waals surface area (Å²) >= 11 is 0. The molecule has 130 valence electrons. The molecule has 2 aromatic rings. The molecule has 0 bridgehead atoms. The lowest BCUT2D eigenvalue weighted by atomic mass is 10.0. The summed E-state index contributed by atoms with van der Waals surface area (Å²) in [5.41, 5.74) is 1.78. The second kappa shape index (κ2) is 8.42. The molecule has 1 aromatic heterocycles. The maximum absolute atomic E-state index is 12.5. The highest BCUT2D eigenvalue weighted by Crippen LogP contribution is 2.26. The van der Waals surface area contributed by atoms with Crippen LogP contribution in [0.4, 0.5) is 0 Å². The van der Waals surface area contributed by atoms with Gasteiger partial charge in [-0.1, -0.05) is 36.8 Å². The van der Waals surface area contributed by atoms with Crippen molar-refractivity contribution >= 4 is 11.8 Å². The largest absolute Gasteiger partial charge is 0.355 e. The van der Waals surface area contributed by atoms with Crippen molar-refractivity contribution < 1.29 is 9.59 Å². The third-order valence-electron chi connectivity index (χ3n) is 4.67. The van der Waals surface area contributed by atoms with Crippen molar-refractivity contribution in [2.24, 2.45) is 5.92 Å². The molecule has 0 aliphatic heterocycles. The van der Waals surface area contributed by atoms with Crippen LogP contribution in [0.3, 0.4) is 0 Å². The van der Waals surface area contributed by atoms with Crippen molar-refractivity contribution in [2.45, 2.75) is 31.7 Å². The van der Waals surface area contributed by atoms with Crippen LogP contribution in [0.25, 0.3) is 0 Å². The quantitative estimate of drug-likeness (QED) is 0.850. The molecule has 1 aliphatic carbocycles. The average Bonchev–Trinajstić information content (AvgIpc) is 3.11. The van der Waals surface area contributed by atoms with E-state index in [1.165, 1.54) is 5.56 Å². The summed E-state index contributed by atoms with van der Waals surface area (Å²) in [6.07, 6.45) is 6.62. The zero-order valence-corrected chi connectivity index (χ0v) is 14.2. The Kier molecular flexibility index (Phi) is 5.77. The molecule has 1 aromatic carbocycles. The van der Waals surface area contributed by atoms with Gasteiger partial charge in [0.1, 0.15) is 0 Å². The maximum atomic E-state index is 12.5. The summed E-state index contributed by atoms with van der Waals surface area (Å²) in [5.74, 6) is -0.258. The van der Waals surface area contributed by atoms with Crippen molar-refractivity contribution in [2.75, 3.05) is 6.54 Å². The number of hydrogen-bond acceptors (Lipinski definition) is 3. The number of aromatic nitrogens is 1. The minimum Gasteiger partial charge on any atom is -0.355 e. The van der Waals surface area contributed by atoms with Crippen molar-refractivity contribution in [3.8, 4) is 0 Å². The Morgan fingerprint density at radius 3 is 2.56 bits per heavy atom. The molecule has 2 N–H and O–H groups in total. The van der Waals surface area contributed by atoms with Crippen molar-refractivity contribution in [1.29, 1.82) is 0 Å². The van der Waals surface area contributed by atoms with E-state index >= 15 is 0 Å². The number of rotatable bonds is 6. The zero-order chi connectivity index (χ0) is 17.5. The standard InChI is InChI=1S/C20H23N3O2/c24-19(16-10-12-21-13-11-16)23-18-8-4-7-17(18)20(25)22-14-9-15-5-2-1-3-6-15/h1-3,5-6,10-13,17-18H,4,7-9,14H2,(H,22,25)(H,23,24)/t17-,18+/m0/s1. The molecular formula is C20H23N3O2. The van der Waals surface area contributed by atoms with Gasteiger partial charge in [-0.25, -0.2) is 0 Å². The Hall–Kier alpha value is -2.69. The van der Waals surface area contributed by atoms with Gasteiger partial charge in [0.25, 0.3) is 5.91 Å². The number of pyridine rings is 1.